The van der Waals surface area contributed by atoms with Crippen molar-refractivity contribution in [1.29, 1.82) is 0 Å². The van der Waals surface area contributed by atoms with Crippen LogP contribution in [0.4, 0.5) is 0 Å². The molecule has 0 aromatic rings. The van der Waals surface area contributed by atoms with Crippen molar-refractivity contribution in [3.05, 3.63) is 0 Å². The summed E-state index contributed by atoms with van der Waals surface area (Å²) in [5, 5.41) is 28.8. The maximum atomic E-state index is 8.90. The predicted molar refractivity (Wildman–Crippen MR) is 42.3 cm³/mol. The summed E-state index contributed by atoms with van der Waals surface area (Å²) in [6, 6.07) is 0.182. The fourth-order valence-electron chi connectivity index (χ4n) is 0.697. The molecule has 4 N–H and O–H groups in total. The Morgan fingerprint density at radius 1 is 1.36 bits per heavy atom. The molecule has 0 saturated heterocycles. The first-order valence-corrected chi connectivity index (χ1v) is 3.83. The molecule has 0 aliphatic rings. The van der Waals surface area contributed by atoms with Crippen LogP contribution in [0.25, 0.3) is 0 Å². The molecule has 2 atom stereocenters. The summed E-state index contributed by atoms with van der Waals surface area (Å²) in [6.45, 7) is 2.21. The molecule has 0 saturated carbocycles. The van der Waals surface area contributed by atoms with E-state index in [2.05, 4.69) is 5.32 Å². The third-order valence-corrected chi connectivity index (χ3v) is 1.47. The van der Waals surface area contributed by atoms with E-state index in [1.54, 1.807) is 0 Å². The lowest BCUT2D eigenvalue weighted by atomic mass is 10.2. The summed E-state index contributed by atoms with van der Waals surface area (Å²) < 4.78 is 0. The van der Waals surface area contributed by atoms with Gasteiger partial charge in [0.15, 0.2) is 0 Å². The normalized spacial score (nSPS) is 16.4. The van der Waals surface area contributed by atoms with Gasteiger partial charge >= 0.3 is 0 Å². The van der Waals surface area contributed by atoms with Crippen molar-refractivity contribution < 1.29 is 15.3 Å². The van der Waals surface area contributed by atoms with E-state index in [4.69, 9.17) is 15.3 Å². The van der Waals surface area contributed by atoms with Gasteiger partial charge < -0.3 is 20.6 Å². The Morgan fingerprint density at radius 2 is 2.00 bits per heavy atom. The maximum absolute atomic E-state index is 8.90. The first-order chi connectivity index (χ1) is 5.20. The van der Waals surface area contributed by atoms with Crippen molar-refractivity contribution in [2.45, 2.75) is 25.5 Å². The van der Waals surface area contributed by atoms with Gasteiger partial charge in [-0.2, -0.15) is 0 Å². The average Bonchev–Trinajstić information content (AvgIpc) is 2.01. The first kappa shape index (κ1) is 10.8. The highest BCUT2D eigenvalue weighted by atomic mass is 16.3. The summed E-state index contributed by atoms with van der Waals surface area (Å²) in [4.78, 5) is 0. The lowest BCUT2D eigenvalue weighted by Crippen LogP contribution is -2.35. The minimum Gasteiger partial charge on any atom is -0.396 e. The highest BCUT2D eigenvalue weighted by Gasteiger charge is 2.04. The van der Waals surface area contributed by atoms with Gasteiger partial charge in [-0.3, -0.25) is 0 Å². The zero-order chi connectivity index (χ0) is 8.69. The lowest BCUT2D eigenvalue weighted by Gasteiger charge is -2.14. The van der Waals surface area contributed by atoms with E-state index in [9.17, 15) is 0 Å². The van der Waals surface area contributed by atoms with Crippen LogP contribution in [0.2, 0.25) is 0 Å². The summed E-state index contributed by atoms with van der Waals surface area (Å²) in [7, 11) is 0. The quantitative estimate of drug-likeness (QED) is 0.393. The van der Waals surface area contributed by atoms with Crippen LogP contribution in [0.15, 0.2) is 0 Å². The lowest BCUT2D eigenvalue weighted by molar-refractivity contribution is 0.0913. The van der Waals surface area contributed by atoms with Crippen LogP contribution < -0.4 is 5.32 Å². The average molecular weight is 163 g/mol. The minimum absolute atomic E-state index is 0.142. The molecular weight excluding hydrogens is 146 g/mol. The van der Waals surface area contributed by atoms with Crippen molar-refractivity contribution >= 4 is 0 Å². The molecule has 68 valence electrons. The van der Waals surface area contributed by atoms with Crippen LogP contribution in [0, 0.1) is 0 Å². The summed E-state index contributed by atoms with van der Waals surface area (Å²) in [5.41, 5.74) is 0. The SMILES string of the molecule is CC(CCO)NC[C@H](O)CO. The Bertz CT molecular complexity index is 89.8. The molecule has 0 aliphatic carbocycles. The predicted octanol–water partition coefficient (Wildman–Crippen LogP) is -1.30. The van der Waals surface area contributed by atoms with E-state index in [-0.39, 0.29) is 19.3 Å². The highest BCUT2D eigenvalue weighted by Crippen LogP contribution is 1.88. The van der Waals surface area contributed by atoms with Crippen molar-refractivity contribution in [3.8, 4) is 0 Å². The smallest absolute Gasteiger partial charge is 0.0895 e. The number of aliphatic hydroxyl groups is 3. The van der Waals surface area contributed by atoms with Crippen molar-refractivity contribution in [2.75, 3.05) is 19.8 Å². The molecule has 1 unspecified atom stereocenters. The number of hydrogen-bond acceptors (Lipinski definition) is 4. The first-order valence-electron chi connectivity index (χ1n) is 3.83. The Labute approximate surface area is 66.9 Å². The summed E-state index contributed by atoms with van der Waals surface area (Å²) >= 11 is 0. The van der Waals surface area contributed by atoms with Crippen LogP contribution in [-0.2, 0) is 0 Å². The van der Waals surface area contributed by atoms with Gasteiger partial charge in [-0.15, -0.1) is 0 Å². The van der Waals surface area contributed by atoms with E-state index < -0.39 is 6.10 Å². The molecule has 0 fully saturated rings. The molecule has 0 heterocycles. The van der Waals surface area contributed by atoms with Gasteiger partial charge in [-0.25, -0.2) is 0 Å². The molecule has 0 aliphatic heterocycles. The molecule has 0 aromatic heterocycles. The number of aliphatic hydroxyl groups excluding tert-OH is 3. The van der Waals surface area contributed by atoms with Crippen molar-refractivity contribution in [3.63, 3.8) is 0 Å². The molecule has 0 rings (SSSR count). The van der Waals surface area contributed by atoms with Gasteiger partial charge in [-0.1, -0.05) is 0 Å². The molecule has 0 bridgehead atoms. The third kappa shape index (κ3) is 6.25. The monoisotopic (exact) mass is 163 g/mol. The minimum atomic E-state index is -0.698. The molecule has 0 radical (unpaired) electrons. The van der Waals surface area contributed by atoms with Crippen molar-refractivity contribution in [1.82, 2.24) is 5.32 Å². The largest absolute Gasteiger partial charge is 0.396 e. The number of rotatable bonds is 6. The number of hydrogen-bond donors (Lipinski definition) is 4. The molecule has 4 nitrogen and oxygen atoms in total. The van der Waals surface area contributed by atoms with Gasteiger partial charge in [0.2, 0.25) is 0 Å². The molecule has 4 heteroatoms. The van der Waals surface area contributed by atoms with Gasteiger partial charge in [0.1, 0.15) is 0 Å². The summed E-state index contributed by atoms with van der Waals surface area (Å²) in [6.07, 6.45) is -0.0332. The Balaban J connectivity index is 3.22. The second-order valence-electron chi connectivity index (χ2n) is 2.66. The topological polar surface area (TPSA) is 72.7 Å². The van der Waals surface area contributed by atoms with Crippen LogP contribution in [-0.4, -0.2) is 47.2 Å². The molecule has 0 aromatic carbocycles. The van der Waals surface area contributed by atoms with E-state index in [0.29, 0.717) is 13.0 Å². The standard InChI is InChI=1S/C7H17NO3/c1-6(2-3-9)8-4-7(11)5-10/h6-11H,2-5H2,1H3/t6?,7-/m0/s1. The third-order valence-electron chi connectivity index (χ3n) is 1.47. The van der Waals surface area contributed by atoms with Crippen LogP contribution in [0.5, 0.6) is 0 Å². The van der Waals surface area contributed by atoms with E-state index in [1.807, 2.05) is 6.92 Å². The molecular formula is C7H17NO3. The van der Waals surface area contributed by atoms with Crippen LogP contribution in [0.1, 0.15) is 13.3 Å². The Hall–Kier alpha value is -0.160. The van der Waals surface area contributed by atoms with Crippen LogP contribution >= 0.6 is 0 Å². The zero-order valence-corrected chi connectivity index (χ0v) is 6.82. The molecule has 0 amide bonds. The summed E-state index contributed by atoms with van der Waals surface area (Å²) in [5.74, 6) is 0. The Morgan fingerprint density at radius 3 is 2.45 bits per heavy atom. The molecule has 11 heavy (non-hydrogen) atoms. The zero-order valence-electron chi connectivity index (χ0n) is 6.82. The fraction of sp³-hybridized carbons (Fsp3) is 1.00. The van der Waals surface area contributed by atoms with E-state index in [0.717, 1.165) is 0 Å². The van der Waals surface area contributed by atoms with Gasteiger partial charge in [-0.05, 0) is 13.3 Å². The second kappa shape index (κ2) is 6.54. The molecule has 0 spiro atoms. The fourth-order valence-corrected chi connectivity index (χ4v) is 0.697. The highest BCUT2D eigenvalue weighted by molar-refractivity contribution is 4.63. The Kier molecular flexibility index (Phi) is 6.45. The van der Waals surface area contributed by atoms with Crippen molar-refractivity contribution in [2.24, 2.45) is 0 Å². The van der Waals surface area contributed by atoms with Gasteiger partial charge in [0.05, 0.1) is 12.7 Å². The van der Waals surface area contributed by atoms with Gasteiger partial charge in [0.25, 0.3) is 0 Å². The van der Waals surface area contributed by atoms with Crippen LogP contribution in [0.3, 0.4) is 0 Å². The van der Waals surface area contributed by atoms with Gasteiger partial charge in [0, 0.05) is 19.2 Å². The van der Waals surface area contributed by atoms with E-state index >= 15 is 0 Å². The second-order valence-corrected chi connectivity index (χ2v) is 2.66. The number of nitrogens with one attached hydrogen (secondary N) is 1. The maximum Gasteiger partial charge on any atom is 0.0895 e. The van der Waals surface area contributed by atoms with E-state index in [1.165, 1.54) is 0 Å².